The van der Waals surface area contributed by atoms with Gasteiger partial charge in [0, 0.05) is 38.3 Å². The molecule has 3 aromatic rings. The number of nitrogens with zero attached hydrogens (tertiary/aromatic N) is 1. The van der Waals surface area contributed by atoms with Crippen molar-refractivity contribution >= 4 is 20.0 Å². The van der Waals surface area contributed by atoms with Crippen LogP contribution < -0.4 is 25.7 Å². The van der Waals surface area contributed by atoms with Gasteiger partial charge in [-0.1, -0.05) is 36.4 Å². The third kappa shape index (κ3) is 8.06. The third-order valence-corrected chi connectivity index (χ3v) is 11.3. The largest absolute Gasteiger partial charge is 0.492 e. The summed E-state index contributed by atoms with van der Waals surface area (Å²) in [6, 6.07) is 18.8. The highest BCUT2D eigenvalue weighted by Crippen LogP contribution is 2.39. The van der Waals surface area contributed by atoms with E-state index in [4.69, 9.17) is 25.1 Å². The molecule has 46 heavy (non-hydrogen) atoms. The maximum atomic E-state index is 13.9. The number of nitrogens with two attached hydrogens (primary N) is 2. The summed E-state index contributed by atoms with van der Waals surface area (Å²) in [5.74, 6) is 0.614. The summed E-state index contributed by atoms with van der Waals surface area (Å²) in [7, 11) is -7.71. The fraction of sp³-hybridized carbons (Fsp3) is 0.438. The van der Waals surface area contributed by atoms with Gasteiger partial charge < -0.3 is 30.4 Å². The van der Waals surface area contributed by atoms with Gasteiger partial charge in [-0.25, -0.2) is 22.0 Å². The van der Waals surface area contributed by atoms with Crippen LogP contribution in [0.3, 0.4) is 0 Å². The van der Waals surface area contributed by atoms with E-state index >= 15 is 0 Å². The van der Waals surface area contributed by atoms with E-state index in [1.807, 2.05) is 37.3 Å². The molecule has 2 aliphatic heterocycles. The Kier molecular flexibility index (Phi) is 10.7. The Morgan fingerprint density at radius 1 is 1.02 bits per heavy atom. The lowest BCUT2D eigenvalue weighted by atomic mass is 9.88. The molecule has 0 aromatic heterocycles. The first-order chi connectivity index (χ1) is 21.9. The number of aliphatic hydroxyl groups excluding tert-OH is 1. The van der Waals surface area contributed by atoms with E-state index < -0.39 is 31.8 Å². The smallest absolute Gasteiger partial charge is 0.246 e. The first-order valence-electron chi connectivity index (χ1n) is 15.3. The van der Waals surface area contributed by atoms with Crippen molar-refractivity contribution in [2.75, 3.05) is 39.5 Å². The van der Waals surface area contributed by atoms with Crippen LogP contribution in [0.4, 0.5) is 0 Å². The number of hydrogen-bond acceptors (Lipinski definition) is 10. The zero-order valence-electron chi connectivity index (χ0n) is 25.8. The molecule has 2 fully saturated rings. The molecular weight excluding hydrogens is 633 g/mol. The van der Waals surface area contributed by atoms with Gasteiger partial charge in [0.2, 0.25) is 20.0 Å². The number of hydrogen-bond donors (Lipinski definition) is 4. The lowest BCUT2D eigenvalue weighted by Crippen LogP contribution is -2.47. The summed E-state index contributed by atoms with van der Waals surface area (Å²) in [5, 5.41) is 18.9. The van der Waals surface area contributed by atoms with Crippen LogP contribution in [0.2, 0.25) is 0 Å². The van der Waals surface area contributed by atoms with Crippen molar-refractivity contribution < 1.29 is 36.2 Å². The lowest BCUT2D eigenvalue weighted by molar-refractivity contribution is -0.0312. The SMILES string of the molecule is CCOc1ccc(-c2ccc(CN)cc2)cc1S(=O)(=O)N1CCC2(CC1)C[C@@H](NCC(O)COc1cccc(S(N)(=O)=O)c1)CO2. The number of nitrogens with one attached hydrogen (secondary N) is 1. The predicted molar refractivity (Wildman–Crippen MR) is 173 cm³/mol. The highest BCUT2D eigenvalue weighted by Gasteiger charge is 2.45. The van der Waals surface area contributed by atoms with Crippen LogP contribution in [0.5, 0.6) is 11.5 Å². The number of aliphatic hydroxyl groups is 1. The molecule has 2 aliphatic rings. The number of ether oxygens (including phenoxy) is 3. The topological polar surface area (TPSA) is 184 Å². The molecule has 3 aromatic carbocycles. The summed E-state index contributed by atoms with van der Waals surface area (Å²) in [5.41, 5.74) is 7.94. The fourth-order valence-corrected chi connectivity index (χ4v) is 8.04. The molecule has 1 spiro atoms. The molecule has 0 amide bonds. The molecule has 14 heteroatoms. The minimum atomic E-state index is -3.86. The molecule has 0 bridgehead atoms. The van der Waals surface area contributed by atoms with Crippen LogP contribution in [-0.4, -0.2) is 83.4 Å². The van der Waals surface area contributed by atoms with Crippen LogP contribution in [0, 0.1) is 0 Å². The maximum absolute atomic E-state index is 13.9. The Morgan fingerprint density at radius 3 is 2.41 bits per heavy atom. The van der Waals surface area contributed by atoms with Crippen LogP contribution in [-0.2, 0) is 31.3 Å². The van der Waals surface area contributed by atoms with Gasteiger partial charge in [0.1, 0.15) is 29.1 Å². The standard InChI is InChI=1S/C32H42N4O8S2/c1-2-42-30-11-10-25(24-8-6-23(19-33)7-9-24)16-31(30)46(40,41)36-14-12-32(13-15-36)18-26(21-44-32)35-20-27(37)22-43-28-4-3-5-29(17-28)45(34,38)39/h3-11,16-17,26-27,35,37H,2,12-15,18-22,33H2,1H3,(H2,34,38,39)/t26-,27?/m1/s1. The molecular formula is C32H42N4O8S2. The van der Waals surface area contributed by atoms with Gasteiger partial charge in [0.25, 0.3) is 0 Å². The van der Waals surface area contributed by atoms with Crippen molar-refractivity contribution in [3.05, 3.63) is 72.3 Å². The quantitative estimate of drug-likeness (QED) is 0.210. The monoisotopic (exact) mass is 674 g/mol. The molecule has 0 saturated carbocycles. The Hall–Kier alpha value is -3.08. The molecule has 0 aliphatic carbocycles. The maximum Gasteiger partial charge on any atom is 0.246 e. The Labute approximate surface area is 270 Å². The van der Waals surface area contributed by atoms with Gasteiger partial charge in [0.05, 0.1) is 23.7 Å². The van der Waals surface area contributed by atoms with Crippen LogP contribution >= 0.6 is 0 Å². The molecule has 250 valence electrons. The summed E-state index contributed by atoms with van der Waals surface area (Å²) in [6.45, 7) is 3.85. The molecule has 1 unspecified atom stereocenters. The van der Waals surface area contributed by atoms with Gasteiger partial charge in [-0.15, -0.1) is 0 Å². The number of primary sulfonamides is 1. The molecule has 0 radical (unpaired) electrons. The molecule has 2 heterocycles. The third-order valence-electron chi connectivity index (χ3n) is 8.45. The van der Waals surface area contributed by atoms with Crippen molar-refractivity contribution in [2.24, 2.45) is 10.9 Å². The summed E-state index contributed by atoms with van der Waals surface area (Å²) < 4.78 is 70.0. The highest BCUT2D eigenvalue weighted by atomic mass is 32.2. The number of sulfonamides is 2. The predicted octanol–water partition coefficient (Wildman–Crippen LogP) is 2.20. The zero-order chi connectivity index (χ0) is 33.0. The van der Waals surface area contributed by atoms with Gasteiger partial charge in [-0.05, 0) is 67.1 Å². The second-order valence-electron chi connectivity index (χ2n) is 11.7. The molecule has 12 nitrogen and oxygen atoms in total. The summed E-state index contributed by atoms with van der Waals surface area (Å²) in [4.78, 5) is 0.0761. The number of benzene rings is 3. The van der Waals surface area contributed by atoms with E-state index in [0.29, 0.717) is 57.9 Å². The summed E-state index contributed by atoms with van der Waals surface area (Å²) >= 11 is 0. The second-order valence-corrected chi connectivity index (χ2v) is 15.2. The normalized spacial score (nSPS) is 19.3. The van der Waals surface area contributed by atoms with E-state index in [1.54, 1.807) is 18.2 Å². The molecule has 2 saturated heterocycles. The van der Waals surface area contributed by atoms with Crippen molar-refractivity contribution in [1.29, 1.82) is 0 Å². The molecule has 5 rings (SSSR count). The Morgan fingerprint density at radius 2 is 1.74 bits per heavy atom. The van der Waals surface area contributed by atoms with E-state index in [9.17, 15) is 21.9 Å². The zero-order valence-corrected chi connectivity index (χ0v) is 27.4. The minimum Gasteiger partial charge on any atom is -0.492 e. The average molecular weight is 675 g/mol. The van der Waals surface area contributed by atoms with E-state index in [0.717, 1.165) is 16.7 Å². The van der Waals surface area contributed by atoms with Crippen molar-refractivity contribution in [3.8, 4) is 22.6 Å². The van der Waals surface area contributed by atoms with E-state index in [2.05, 4.69) is 5.32 Å². The molecule has 2 atom stereocenters. The van der Waals surface area contributed by atoms with Crippen molar-refractivity contribution in [1.82, 2.24) is 9.62 Å². The Bertz CT molecular complexity index is 1710. The number of rotatable bonds is 13. The van der Waals surface area contributed by atoms with E-state index in [1.165, 1.54) is 22.5 Å². The fourth-order valence-electron chi connectivity index (χ4n) is 5.89. The second kappa shape index (κ2) is 14.4. The van der Waals surface area contributed by atoms with Gasteiger partial charge in [0.15, 0.2) is 0 Å². The average Bonchev–Trinajstić information content (AvgIpc) is 3.45. The Balaban J connectivity index is 1.16. The van der Waals surface area contributed by atoms with Crippen LogP contribution in [0.1, 0.15) is 31.7 Å². The van der Waals surface area contributed by atoms with Crippen LogP contribution in [0.25, 0.3) is 11.1 Å². The molecule has 6 N–H and O–H groups in total. The van der Waals surface area contributed by atoms with Gasteiger partial charge >= 0.3 is 0 Å². The van der Waals surface area contributed by atoms with E-state index in [-0.39, 0.29) is 34.7 Å². The van der Waals surface area contributed by atoms with Crippen molar-refractivity contribution in [3.63, 3.8) is 0 Å². The number of piperidine rings is 1. The van der Waals surface area contributed by atoms with Gasteiger partial charge in [-0.2, -0.15) is 4.31 Å². The summed E-state index contributed by atoms with van der Waals surface area (Å²) in [6.07, 6.45) is 0.917. The first kappa shape index (κ1) is 34.3. The minimum absolute atomic E-state index is 0.0181. The first-order valence-corrected chi connectivity index (χ1v) is 18.3. The lowest BCUT2D eigenvalue weighted by Gasteiger charge is -2.38. The van der Waals surface area contributed by atoms with Gasteiger partial charge in [-0.3, -0.25) is 0 Å². The van der Waals surface area contributed by atoms with Crippen LogP contribution in [0.15, 0.2) is 76.5 Å². The van der Waals surface area contributed by atoms with Crippen molar-refractivity contribution in [2.45, 2.75) is 60.3 Å². The highest BCUT2D eigenvalue weighted by molar-refractivity contribution is 7.89.